The van der Waals surface area contributed by atoms with Crippen molar-refractivity contribution in [1.82, 2.24) is 0 Å². The number of ether oxygens (including phenoxy) is 2. The molecule has 0 atom stereocenters. The molecule has 0 bridgehead atoms. The summed E-state index contributed by atoms with van der Waals surface area (Å²) in [5.41, 5.74) is 1.70. The van der Waals surface area contributed by atoms with Crippen molar-refractivity contribution in [3.05, 3.63) is 34.1 Å². The number of nitrogens with zero attached hydrogens (tertiary/aromatic N) is 1. The van der Waals surface area contributed by atoms with E-state index in [-0.39, 0.29) is 17.0 Å². The lowest BCUT2D eigenvalue weighted by molar-refractivity contribution is 0.139. The van der Waals surface area contributed by atoms with Crippen LogP contribution in [0.15, 0.2) is 27.9 Å². The SMILES string of the molecule is CC(C)=NOCCCCCCCOc1c(F)cc(OCC=C(Cl)Cl)cc1C(C)C. The van der Waals surface area contributed by atoms with Crippen LogP contribution in [0.25, 0.3) is 0 Å². The Kier molecular flexibility index (Phi) is 12.8. The van der Waals surface area contributed by atoms with Crippen LogP contribution in [0.4, 0.5) is 4.39 Å². The van der Waals surface area contributed by atoms with Gasteiger partial charge >= 0.3 is 0 Å². The average molecular weight is 448 g/mol. The molecule has 1 rings (SSSR count). The Balaban J connectivity index is 2.42. The standard InChI is InChI=1S/C22H32Cl2FNO3/c1-16(2)19-14-18(27-13-10-21(23)24)15-20(25)22(19)28-11-8-6-5-7-9-12-29-26-17(3)4/h10,14-16H,5-9,11-13H2,1-4H3. The molecule has 0 amide bonds. The molecule has 0 saturated carbocycles. The van der Waals surface area contributed by atoms with E-state index in [9.17, 15) is 4.39 Å². The number of hydrogen-bond acceptors (Lipinski definition) is 4. The van der Waals surface area contributed by atoms with Crippen LogP contribution in [-0.4, -0.2) is 25.5 Å². The van der Waals surface area contributed by atoms with Crippen molar-refractivity contribution < 1.29 is 18.7 Å². The molecule has 0 saturated heterocycles. The molecule has 0 spiro atoms. The van der Waals surface area contributed by atoms with E-state index in [0.717, 1.165) is 43.4 Å². The zero-order valence-electron chi connectivity index (χ0n) is 17.8. The van der Waals surface area contributed by atoms with Crippen LogP contribution in [0, 0.1) is 5.82 Å². The van der Waals surface area contributed by atoms with Gasteiger partial charge in [0.15, 0.2) is 11.6 Å². The van der Waals surface area contributed by atoms with Crippen LogP contribution >= 0.6 is 23.2 Å². The zero-order chi connectivity index (χ0) is 21.6. The van der Waals surface area contributed by atoms with Crippen molar-refractivity contribution in [2.24, 2.45) is 5.16 Å². The Hall–Kier alpha value is -1.46. The normalized spacial score (nSPS) is 10.6. The number of unbranched alkanes of at least 4 members (excludes halogenated alkanes) is 4. The highest BCUT2D eigenvalue weighted by atomic mass is 35.5. The maximum Gasteiger partial charge on any atom is 0.169 e. The summed E-state index contributed by atoms with van der Waals surface area (Å²) in [4.78, 5) is 5.17. The van der Waals surface area contributed by atoms with Gasteiger partial charge in [0.05, 0.1) is 12.3 Å². The van der Waals surface area contributed by atoms with Crippen molar-refractivity contribution in [3.8, 4) is 11.5 Å². The molecular formula is C22H32Cl2FNO3. The van der Waals surface area contributed by atoms with Crippen molar-refractivity contribution >= 4 is 28.9 Å². The summed E-state index contributed by atoms with van der Waals surface area (Å²) in [6.07, 6.45) is 6.56. The highest BCUT2D eigenvalue weighted by Gasteiger charge is 2.16. The van der Waals surface area contributed by atoms with Gasteiger partial charge in [-0.05, 0) is 51.2 Å². The molecule has 0 aliphatic carbocycles. The lowest BCUT2D eigenvalue weighted by Crippen LogP contribution is -2.05. The first-order chi connectivity index (χ1) is 13.8. The van der Waals surface area contributed by atoms with Crippen LogP contribution in [0.2, 0.25) is 0 Å². The Bertz CT molecular complexity index is 670. The zero-order valence-corrected chi connectivity index (χ0v) is 19.3. The second-order valence-corrected chi connectivity index (χ2v) is 8.28. The number of benzene rings is 1. The van der Waals surface area contributed by atoms with Gasteiger partial charge in [-0.1, -0.05) is 55.0 Å². The van der Waals surface area contributed by atoms with E-state index in [1.54, 1.807) is 6.07 Å². The van der Waals surface area contributed by atoms with Crippen LogP contribution in [0.1, 0.15) is 71.3 Å². The minimum absolute atomic E-state index is 0.102. The molecule has 1 aromatic rings. The molecule has 1 aromatic carbocycles. The molecule has 164 valence electrons. The number of hydrogen-bond donors (Lipinski definition) is 0. The molecule has 29 heavy (non-hydrogen) atoms. The molecule has 4 nitrogen and oxygen atoms in total. The van der Waals surface area contributed by atoms with Gasteiger partial charge in [-0.3, -0.25) is 0 Å². The van der Waals surface area contributed by atoms with Gasteiger partial charge in [0.25, 0.3) is 0 Å². The van der Waals surface area contributed by atoms with Gasteiger partial charge in [-0.2, -0.15) is 0 Å². The molecule has 0 aromatic heterocycles. The van der Waals surface area contributed by atoms with Crippen molar-refractivity contribution in [1.29, 1.82) is 0 Å². The highest BCUT2D eigenvalue weighted by molar-refractivity contribution is 6.55. The third-order valence-electron chi connectivity index (χ3n) is 4.03. The molecule has 0 radical (unpaired) electrons. The monoisotopic (exact) mass is 447 g/mol. The fourth-order valence-electron chi connectivity index (χ4n) is 2.60. The number of halogens is 3. The van der Waals surface area contributed by atoms with Crippen molar-refractivity contribution in [2.75, 3.05) is 19.8 Å². The van der Waals surface area contributed by atoms with Crippen LogP contribution < -0.4 is 9.47 Å². The summed E-state index contributed by atoms with van der Waals surface area (Å²) in [6.45, 7) is 9.10. The fourth-order valence-corrected chi connectivity index (χ4v) is 2.73. The predicted molar refractivity (Wildman–Crippen MR) is 119 cm³/mol. The first-order valence-corrected chi connectivity index (χ1v) is 10.8. The molecule has 0 N–H and O–H groups in total. The van der Waals surface area contributed by atoms with Crippen LogP contribution in [0.3, 0.4) is 0 Å². The smallest absolute Gasteiger partial charge is 0.169 e. The van der Waals surface area contributed by atoms with E-state index < -0.39 is 5.82 Å². The Morgan fingerprint density at radius 1 is 1.03 bits per heavy atom. The van der Waals surface area contributed by atoms with Gasteiger partial charge < -0.3 is 14.3 Å². The number of rotatable bonds is 14. The van der Waals surface area contributed by atoms with E-state index in [2.05, 4.69) is 5.16 Å². The second-order valence-electron chi connectivity index (χ2n) is 7.27. The topological polar surface area (TPSA) is 40.0 Å². The highest BCUT2D eigenvalue weighted by Crippen LogP contribution is 2.34. The van der Waals surface area contributed by atoms with Gasteiger partial charge in [0, 0.05) is 11.6 Å². The summed E-state index contributed by atoms with van der Waals surface area (Å²) in [5.74, 6) is 0.411. The van der Waals surface area contributed by atoms with E-state index in [1.807, 2.05) is 27.7 Å². The number of oxime groups is 1. The minimum atomic E-state index is -0.420. The van der Waals surface area contributed by atoms with Crippen molar-refractivity contribution in [2.45, 2.75) is 65.7 Å². The first kappa shape index (κ1) is 25.6. The largest absolute Gasteiger partial charge is 0.490 e. The molecule has 0 fully saturated rings. The Morgan fingerprint density at radius 2 is 1.69 bits per heavy atom. The molecule has 0 aliphatic heterocycles. The first-order valence-electron chi connectivity index (χ1n) is 10.0. The van der Waals surface area contributed by atoms with E-state index >= 15 is 0 Å². The minimum Gasteiger partial charge on any atom is -0.490 e. The molecule has 0 unspecified atom stereocenters. The molecule has 0 aliphatic rings. The summed E-state index contributed by atoms with van der Waals surface area (Å²) in [7, 11) is 0. The van der Waals surface area contributed by atoms with E-state index in [0.29, 0.717) is 24.7 Å². The third-order valence-corrected chi connectivity index (χ3v) is 4.34. The molecular weight excluding hydrogens is 416 g/mol. The maximum absolute atomic E-state index is 14.6. The molecule has 7 heteroatoms. The lowest BCUT2D eigenvalue weighted by Gasteiger charge is -2.17. The average Bonchev–Trinajstić information content (AvgIpc) is 2.63. The van der Waals surface area contributed by atoms with Crippen LogP contribution in [0.5, 0.6) is 11.5 Å². The summed E-state index contributed by atoms with van der Waals surface area (Å²) in [5, 5.41) is 3.90. The quantitative estimate of drug-likeness (QED) is 0.169. The summed E-state index contributed by atoms with van der Waals surface area (Å²) in [6, 6.07) is 3.14. The summed E-state index contributed by atoms with van der Waals surface area (Å²) < 4.78 is 25.9. The van der Waals surface area contributed by atoms with Gasteiger partial charge in [-0.15, -0.1) is 0 Å². The predicted octanol–water partition coefficient (Wildman–Crippen LogP) is 7.39. The second kappa shape index (κ2) is 14.5. The third kappa shape index (κ3) is 11.3. The lowest BCUT2D eigenvalue weighted by atomic mass is 10.0. The Morgan fingerprint density at radius 3 is 2.31 bits per heavy atom. The Labute approximate surface area is 184 Å². The maximum atomic E-state index is 14.6. The van der Waals surface area contributed by atoms with Gasteiger partial charge in [0.2, 0.25) is 0 Å². The van der Waals surface area contributed by atoms with Gasteiger partial charge in [-0.25, -0.2) is 4.39 Å². The summed E-state index contributed by atoms with van der Waals surface area (Å²) >= 11 is 11.1. The fraction of sp³-hybridized carbons (Fsp3) is 0.591. The van der Waals surface area contributed by atoms with E-state index in [1.165, 1.54) is 12.1 Å². The van der Waals surface area contributed by atoms with Crippen LogP contribution in [-0.2, 0) is 4.84 Å². The molecule has 0 heterocycles. The van der Waals surface area contributed by atoms with E-state index in [4.69, 9.17) is 37.5 Å². The van der Waals surface area contributed by atoms with Gasteiger partial charge in [0.1, 0.15) is 23.5 Å². The van der Waals surface area contributed by atoms with Crippen molar-refractivity contribution in [3.63, 3.8) is 0 Å².